The molecule has 4 nitrogen and oxygen atoms in total. The second kappa shape index (κ2) is 5.90. The molecule has 0 aromatic heterocycles. The summed E-state index contributed by atoms with van der Waals surface area (Å²) in [7, 11) is 2.91. The summed E-state index contributed by atoms with van der Waals surface area (Å²) in [4.78, 5) is 0. The van der Waals surface area contributed by atoms with E-state index in [1.807, 2.05) is 0 Å². The largest absolute Gasteiger partial charge is 0.504 e. The summed E-state index contributed by atoms with van der Waals surface area (Å²) in [6, 6.07) is 1.48. The first kappa shape index (κ1) is 14.2. The van der Waals surface area contributed by atoms with Crippen molar-refractivity contribution in [2.75, 3.05) is 14.2 Å². The number of hydrogen-bond acceptors (Lipinski definition) is 4. The molecule has 0 aliphatic rings. The molecule has 0 saturated carbocycles. The minimum absolute atomic E-state index is 0. The first-order valence-corrected chi connectivity index (χ1v) is 4.35. The van der Waals surface area contributed by atoms with Gasteiger partial charge in [0.2, 0.25) is 0 Å². The molecule has 0 bridgehead atoms. The lowest BCUT2D eigenvalue weighted by atomic mass is 10.1. The molecule has 0 saturated heterocycles. The van der Waals surface area contributed by atoms with Gasteiger partial charge < -0.3 is 20.3 Å². The summed E-state index contributed by atoms with van der Waals surface area (Å²) in [5.41, 5.74) is 5.91. The third-order valence-electron chi connectivity index (χ3n) is 1.90. The van der Waals surface area contributed by atoms with Crippen LogP contribution in [0.2, 0.25) is 5.02 Å². The molecule has 0 fully saturated rings. The van der Waals surface area contributed by atoms with Crippen molar-refractivity contribution in [3.05, 3.63) is 16.7 Å². The first-order valence-electron chi connectivity index (χ1n) is 3.98. The van der Waals surface area contributed by atoms with E-state index in [1.165, 1.54) is 20.3 Å². The lowest BCUT2D eigenvalue weighted by Gasteiger charge is -2.13. The summed E-state index contributed by atoms with van der Waals surface area (Å²) in [6.07, 6.45) is 0. The van der Waals surface area contributed by atoms with Crippen LogP contribution in [-0.4, -0.2) is 19.3 Å². The van der Waals surface area contributed by atoms with E-state index in [1.54, 1.807) is 0 Å². The van der Waals surface area contributed by atoms with E-state index >= 15 is 0 Å². The maximum Gasteiger partial charge on any atom is 0.166 e. The molecule has 0 amide bonds. The Kier molecular flexibility index (Phi) is 5.57. The molecule has 0 spiro atoms. The fraction of sp³-hybridized carbons (Fsp3) is 0.333. The highest BCUT2D eigenvalue weighted by atomic mass is 35.5. The molecular weight excluding hydrogens is 241 g/mol. The predicted octanol–water partition coefficient (Wildman–Crippen LogP) is 1.94. The SMILES string of the molecule is COc1cc(Cl)c(OC)c(CN)c1O.Cl. The Balaban J connectivity index is 0.00000196. The summed E-state index contributed by atoms with van der Waals surface area (Å²) >= 11 is 5.89. The van der Waals surface area contributed by atoms with Gasteiger partial charge in [0.1, 0.15) is 5.75 Å². The lowest BCUT2D eigenvalue weighted by molar-refractivity contribution is 0.360. The van der Waals surface area contributed by atoms with E-state index in [2.05, 4.69) is 0 Å². The van der Waals surface area contributed by atoms with Crippen LogP contribution in [0.4, 0.5) is 0 Å². The number of halogens is 2. The summed E-state index contributed by atoms with van der Waals surface area (Å²) in [5.74, 6) is 0.639. The zero-order chi connectivity index (χ0) is 10.7. The van der Waals surface area contributed by atoms with Crippen molar-refractivity contribution < 1.29 is 14.6 Å². The van der Waals surface area contributed by atoms with E-state index in [0.29, 0.717) is 16.3 Å². The van der Waals surface area contributed by atoms with Gasteiger partial charge in [0.05, 0.1) is 24.8 Å². The van der Waals surface area contributed by atoms with Crippen LogP contribution in [0.15, 0.2) is 6.07 Å². The van der Waals surface area contributed by atoms with E-state index in [9.17, 15) is 5.11 Å². The fourth-order valence-corrected chi connectivity index (χ4v) is 1.51. The highest BCUT2D eigenvalue weighted by Gasteiger charge is 2.16. The van der Waals surface area contributed by atoms with Gasteiger partial charge in [-0.1, -0.05) is 11.6 Å². The van der Waals surface area contributed by atoms with Gasteiger partial charge in [-0.2, -0.15) is 0 Å². The van der Waals surface area contributed by atoms with Crippen LogP contribution >= 0.6 is 24.0 Å². The van der Waals surface area contributed by atoms with Crippen LogP contribution in [0.3, 0.4) is 0 Å². The maximum atomic E-state index is 9.68. The topological polar surface area (TPSA) is 64.7 Å². The molecule has 0 aliphatic heterocycles. The predicted molar refractivity (Wildman–Crippen MR) is 61.4 cm³/mol. The van der Waals surface area contributed by atoms with Crippen molar-refractivity contribution in [2.24, 2.45) is 5.73 Å². The quantitative estimate of drug-likeness (QED) is 0.865. The van der Waals surface area contributed by atoms with Crippen molar-refractivity contribution in [1.82, 2.24) is 0 Å². The van der Waals surface area contributed by atoms with Gasteiger partial charge in [-0.3, -0.25) is 0 Å². The van der Waals surface area contributed by atoms with E-state index in [4.69, 9.17) is 26.8 Å². The standard InChI is InChI=1S/C9H12ClNO3.ClH/c1-13-7-3-6(10)9(14-2)5(4-11)8(7)12;/h3,12H,4,11H2,1-2H3;1H. The molecule has 0 atom stereocenters. The molecule has 1 rings (SSSR count). The Bertz CT molecular complexity index is 345. The highest BCUT2D eigenvalue weighted by molar-refractivity contribution is 6.32. The van der Waals surface area contributed by atoms with Gasteiger partial charge in [0, 0.05) is 12.6 Å². The number of methoxy groups -OCH3 is 2. The van der Waals surface area contributed by atoms with Crippen LogP contribution in [0.1, 0.15) is 5.56 Å². The molecule has 6 heteroatoms. The average Bonchev–Trinajstić information content (AvgIpc) is 2.20. The van der Waals surface area contributed by atoms with Gasteiger partial charge in [0.25, 0.3) is 0 Å². The number of phenols is 1. The minimum atomic E-state index is -0.0312. The van der Waals surface area contributed by atoms with Gasteiger partial charge in [-0.05, 0) is 0 Å². The van der Waals surface area contributed by atoms with Gasteiger partial charge >= 0.3 is 0 Å². The maximum absolute atomic E-state index is 9.68. The number of phenolic OH excluding ortho intramolecular Hbond substituents is 1. The molecule has 3 N–H and O–H groups in total. The Morgan fingerprint density at radius 3 is 2.40 bits per heavy atom. The Hall–Kier alpha value is -0.840. The van der Waals surface area contributed by atoms with Crippen LogP contribution in [0, 0.1) is 0 Å². The molecule has 1 aromatic rings. The number of ether oxygens (including phenoxy) is 2. The number of benzene rings is 1. The highest BCUT2D eigenvalue weighted by Crippen LogP contribution is 2.41. The van der Waals surface area contributed by atoms with E-state index < -0.39 is 0 Å². The molecule has 0 unspecified atom stereocenters. The Morgan fingerprint density at radius 1 is 1.40 bits per heavy atom. The summed E-state index contributed by atoms with van der Waals surface area (Å²) < 4.78 is 9.94. The number of hydrogen-bond donors (Lipinski definition) is 2. The van der Waals surface area contributed by atoms with Crippen LogP contribution < -0.4 is 15.2 Å². The zero-order valence-electron chi connectivity index (χ0n) is 8.41. The fourth-order valence-electron chi connectivity index (χ4n) is 1.22. The van der Waals surface area contributed by atoms with E-state index in [-0.39, 0.29) is 30.5 Å². The van der Waals surface area contributed by atoms with Gasteiger partial charge in [-0.25, -0.2) is 0 Å². The molecule has 86 valence electrons. The molecular formula is C9H13Cl2NO3. The second-order valence-electron chi connectivity index (χ2n) is 2.63. The van der Waals surface area contributed by atoms with Crippen LogP contribution in [0.25, 0.3) is 0 Å². The van der Waals surface area contributed by atoms with Crippen molar-refractivity contribution >= 4 is 24.0 Å². The molecule has 15 heavy (non-hydrogen) atoms. The Labute approximate surface area is 99.3 Å². The van der Waals surface area contributed by atoms with Crippen molar-refractivity contribution in [3.8, 4) is 17.2 Å². The monoisotopic (exact) mass is 253 g/mol. The van der Waals surface area contributed by atoms with Crippen molar-refractivity contribution in [3.63, 3.8) is 0 Å². The minimum Gasteiger partial charge on any atom is -0.504 e. The molecule has 1 aromatic carbocycles. The normalized spacial score (nSPS) is 9.33. The number of nitrogens with two attached hydrogens (primary N) is 1. The number of rotatable bonds is 3. The van der Waals surface area contributed by atoms with E-state index in [0.717, 1.165) is 0 Å². The van der Waals surface area contributed by atoms with Gasteiger partial charge in [-0.15, -0.1) is 12.4 Å². The molecule has 0 aliphatic carbocycles. The smallest absolute Gasteiger partial charge is 0.166 e. The van der Waals surface area contributed by atoms with Crippen molar-refractivity contribution in [1.29, 1.82) is 0 Å². The van der Waals surface area contributed by atoms with Crippen LogP contribution in [0.5, 0.6) is 17.2 Å². The average molecular weight is 254 g/mol. The zero-order valence-corrected chi connectivity index (χ0v) is 9.98. The lowest BCUT2D eigenvalue weighted by Crippen LogP contribution is -2.02. The summed E-state index contributed by atoms with van der Waals surface area (Å²) in [6.45, 7) is 0.131. The van der Waals surface area contributed by atoms with Crippen molar-refractivity contribution in [2.45, 2.75) is 6.54 Å². The molecule has 0 radical (unpaired) electrons. The van der Waals surface area contributed by atoms with Crippen LogP contribution in [-0.2, 0) is 6.54 Å². The van der Waals surface area contributed by atoms with Gasteiger partial charge in [0.15, 0.2) is 11.5 Å². The number of aromatic hydroxyl groups is 1. The third-order valence-corrected chi connectivity index (χ3v) is 2.18. The summed E-state index contributed by atoms with van der Waals surface area (Å²) in [5, 5.41) is 10.0. The molecule has 0 heterocycles. The first-order chi connectivity index (χ1) is 6.65. The second-order valence-corrected chi connectivity index (χ2v) is 3.03. The third kappa shape index (κ3) is 2.59. The Morgan fingerprint density at radius 2 is 2.00 bits per heavy atom.